The third kappa shape index (κ3) is 2.38. The highest BCUT2D eigenvalue weighted by Gasteiger charge is 2.32. The fourth-order valence-electron chi connectivity index (χ4n) is 2.60. The summed E-state index contributed by atoms with van der Waals surface area (Å²) in [6.07, 6.45) is 3.30. The molecule has 2 heterocycles. The average molecular weight is 252 g/mol. The number of hydrogen-bond acceptors (Lipinski definition) is 3. The van der Waals surface area contributed by atoms with Crippen molar-refractivity contribution in [3.05, 3.63) is 21.9 Å². The number of hydrogen-bond donors (Lipinski definition) is 1. The second-order valence-corrected chi connectivity index (χ2v) is 5.59. The fourth-order valence-corrected chi connectivity index (χ4v) is 3.42. The van der Waals surface area contributed by atoms with Crippen LogP contribution in [0.15, 0.2) is 10.8 Å². The molecule has 17 heavy (non-hydrogen) atoms. The molecule has 2 N–H and O–H groups in total. The number of carbonyl (C=O) groups is 1. The first-order valence-corrected chi connectivity index (χ1v) is 7.15. The van der Waals surface area contributed by atoms with E-state index in [9.17, 15) is 4.79 Å². The predicted molar refractivity (Wildman–Crippen MR) is 71.4 cm³/mol. The first kappa shape index (κ1) is 12.6. The number of amides is 1. The summed E-state index contributed by atoms with van der Waals surface area (Å²) < 4.78 is 0. The molecule has 2 unspecified atom stereocenters. The number of nitrogens with zero attached hydrogens (tertiary/aromatic N) is 1. The zero-order valence-corrected chi connectivity index (χ0v) is 11.3. The summed E-state index contributed by atoms with van der Waals surface area (Å²) in [5.41, 5.74) is 7.72. The lowest BCUT2D eigenvalue weighted by molar-refractivity contribution is 0.0494. The van der Waals surface area contributed by atoms with Crippen molar-refractivity contribution in [2.24, 2.45) is 5.73 Å². The van der Waals surface area contributed by atoms with E-state index in [0.717, 1.165) is 24.0 Å². The first-order valence-electron chi connectivity index (χ1n) is 6.20. The predicted octanol–water partition coefficient (Wildman–Crippen LogP) is 2.40. The van der Waals surface area contributed by atoms with Crippen LogP contribution in [0.25, 0.3) is 0 Å². The molecule has 1 aliphatic rings. The minimum absolute atomic E-state index is 0.159. The number of rotatable bonds is 2. The molecule has 0 saturated carbocycles. The molecule has 0 bridgehead atoms. The number of thiophene rings is 1. The van der Waals surface area contributed by atoms with Gasteiger partial charge in [-0.3, -0.25) is 4.79 Å². The molecule has 2 atom stereocenters. The third-order valence-corrected chi connectivity index (χ3v) is 4.48. The van der Waals surface area contributed by atoms with Crippen molar-refractivity contribution in [1.29, 1.82) is 0 Å². The molecule has 1 aromatic heterocycles. The molecule has 4 heteroatoms. The third-order valence-electron chi connectivity index (χ3n) is 3.62. The first-order chi connectivity index (χ1) is 8.15. The summed E-state index contributed by atoms with van der Waals surface area (Å²) in [5, 5.41) is 3.98. The van der Waals surface area contributed by atoms with Crippen molar-refractivity contribution in [3.63, 3.8) is 0 Å². The van der Waals surface area contributed by atoms with Crippen LogP contribution in [0.1, 0.15) is 42.1 Å². The highest BCUT2D eigenvalue weighted by atomic mass is 32.1. The number of likely N-dealkylation sites (tertiary alicyclic amines) is 1. The van der Waals surface area contributed by atoms with Crippen LogP contribution in [-0.4, -0.2) is 29.4 Å². The van der Waals surface area contributed by atoms with Gasteiger partial charge < -0.3 is 10.6 Å². The number of piperidine rings is 1. The Kier molecular flexibility index (Phi) is 3.84. The Morgan fingerprint density at radius 2 is 2.29 bits per heavy atom. The van der Waals surface area contributed by atoms with E-state index < -0.39 is 0 Å². The molecular weight excluding hydrogens is 232 g/mol. The molecule has 1 fully saturated rings. The van der Waals surface area contributed by atoms with E-state index in [1.165, 1.54) is 6.42 Å². The minimum Gasteiger partial charge on any atom is -0.332 e. The Labute approximate surface area is 107 Å². The van der Waals surface area contributed by atoms with Crippen molar-refractivity contribution in [2.75, 3.05) is 6.54 Å². The molecule has 0 aliphatic carbocycles. The van der Waals surface area contributed by atoms with Crippen molar-refractivity contribution >= 4 is 17.2 Å². The maximum atomic E-state index is 12.5. The van der Waals surface area contributed by atoms with Crippen LogP contribution in [0.5, 0.6) is 0 Å². The van der Waals surface area contributed by atoms with Gasteiger partial charge in [0.1, 0.15) is 0 Å². The summed E-state index contributed by atoms with van der Waals surface area (Å²) in [5.74, 6) is 0.159. The van der Waals surface area contributed by atoms with E-state index in [4.69, 9.17) is 5.73 Å². The van der Waals surface area contributed by atoms with Gasteiger partial charge in [-0.15, -0.1) is 0 Å². The van der Waals surface area contributed by atoms with Crippen LogP contribution in [0, 0.1) is 6.92 Å². The topological polar surface area (TPSA) is 46.3 Å². The fraction of sp³-hybridized carbons (Fsp3) is 0.615. The van der Waals surface area contributed by atoms with Crippen molar-refractivity contribution in [3.8, 4) is 0 Å². The molecule has 3 nitrogen and oxygen atoms in total. The molecule has 94 valence electrons. The van der Waals surface area contributed by atoms with Crippen LogP contribution < -0.4 is 5.73 Å². The second kappa shape index (κ2) is 5.19. The van der Waals surface area contributed by atoms with E-state index in [1.54, 1.807) is 11.3 Å². The smallest absolute Gasteiger partial charge is 0.255 e. The Morgan fingerprint density at radius 1 is 1.53 bits per heavy atom. The summed E-state index contributed by atoms with van der Waals surface area (Å²) in [6, 6.07) is 0.523. The van der Waals surface area contributed by atoms with Gasteiger partial charge >= 0.3 is 0 Å². The van der Waals surface area contributed by atoms with Crippen LogP contribution in [0.3, 0.4) is 0 Å². The van der Waals surface area contributed by atoms with Gasteiger partial charge in [0.05, 0.1) is 5.56 Å². The zero-order valence-electron chi connectivity index (χ0n) is 10.5. The van der Waals surface area contributed by atoms with Crippen LogP contribution in [0.2, 0.25) is 0 Å². The zero-order chi connectivity index (χ0) is 12.4. The van der Waals surface area contributed by atoms with E-state index in [2.05, 4.69) is 6.92 Å². The lowest BCUT2D eigenvalue weighted by Gasteiger charge is -2.40. The molecule has 0 spiro atoms. The van der Waals surface area contributed by atoms with Gasteiger partial charge in [-0.25, -0.2) is 0 Å². The van der Waals surface area contributed by atoms with Gasteiger partial charge in [-0.2, -0.15) is 11.3 Å². The molecule has 1 aromatic rings. The van der Waals surface area contributed by atoms with Crippen LogP contribution >= 0.6 is 11.3 Å². The Hall–Kier alpha value is -0.870. The van der Waals surface area contributed by atoms with Gasteiger partial charge in [0.15, 0.2) is 0 Å². The van der Waals surface area contributed by atoms with Gasteiger partial charge in [0.25, 0.3) is 5.91 Å². The van der Waals surface area contributed by atoms with E-state index in [-0.39, 0.29) is 11.9 Å². The van der Waals surface area contributed by atoms with Crippen molar-refractivity contribution in [2.45, 2.75) is 45.2 Å². The normalized spacial score (nSPS) is 25.0. The molecule has 2 rings (SSSR count). The van der Waals surface area contributed by atoms with E-state index in [1.807, 2.05) is 22.6 Å². The number of aryl methyl sites for hydroxylation is 1. The molecule has 0 radical (unpaired) electrons. The SMILES string of the molecule is Cc1cscc1C(=O)N1C(C)CCCC1CN. The quantitative estimate of drug-likeness (QED) is 0.878. The number of carbonyl (C=O) groups excluding carboxylic acids is 1. The lowest BCUT2D eigenvalue weighted by atomic mass is 9.95. The molecule has 0 aromatic carbocycles. The average Bonchev–Trinajstić information content (AvgIpc) is 2.74. The molecule has 1 aliphatic heterocycles. The van der Waals surface area contributed by atoms with E-state index >= 15 is 0 Å². The monoisotopic (exact) mass is 252 g/mol. The van der Waals surface area contributed by atoms with Gasteiger partial charge in [-0.05, 0) is 44.1 Å². The highest BCUT2D eigenvalue weighted by molar-refractivity contribution is 7.08. The number of nitrogens with two attached hydrogens (primary N) is 1. The molecule has 1 amide bonds. The van der Waals surface area contributed by atoms with Crippen LogP contribution in [0.4, 0.5) is 0 Å². The Bertz CT molecular complexity index is 402. The standard InChI is InChI=1S/C13H20N2OS/c1-9-7-17-8-12(9)13(16)15-10(2)4-3-5-11(15)6-14/h7-8,10-11H,3-6,14H2,1-2H3. The molecular formula is C13H20N2OS. The Balaban J connectivity index is 2.24. The second-order valence-electron chi connectivity index (χ2n) is 4.85. The summed E-state index contributed by atoms with van der Waals surface area (Å²) in [7, 11) is 0. The lowest BCUT2D eigenvalue weighted by Crippen LogP contribution is -2.51. The summed E-state index contributed by atoms with van der Waals surface area (Å²) in [4.78, 5) is 14.5. The minimum atomic E-state index is 0.159. The van der Waals surface area contributed by atoms with Crippen LogP contribution in [-0.2, 0) is 0 Å². The Morgan fingerprint density at radius 3 is 2.88 bits per heavy atom. The van der Waals surface area contributed by atoms with Crippen molar-refractivity contribution < 1.29 is 4.79 Å². The van der Waals surface area contributed by atoms with Crippen molar-refractivity contribution in [1.82, 2.24) is 4.90 Å². The largest absolute Gasteiger partial charge is 0.332 e. The summed E-state index contributed by atoms with van der Waals surface area (Å²) in [6.45, 7) is 4.69. The van der Waals surface area contributed by atoms with Gasteiger partial charge in [-0.1, -0.05) is 0 Å². The van der Waals surface area contributed by atoms with Gasteiger partial charge in [0.2, 0.25) is 0 Å². The highest BCUT2D eigenvalue weighted by Crippen LogP contribution is 2.26. The summed E-state index contributed by atoms with van der Waals surface area (Å²) >= 11 is 1.59. The van der Waals surface area contributed by atoms with Gasteiger partial charge in [0, 0.05) is 24.0 Å². The van der Waals surface area contributed by atoms with E-state index in [0.29, 0.717) is 12.6 Å². The maximum Gasteiger partial charge on any atom is 0.255 e. The molecule has 1 saturated heterocycles. The maximum absolute atomic E-state index is 12.5.